The summed E-state index contributed by atoms with van der Waals surface area (Å²) in [5.41, 5.74) is 0.872. The maximum Gasteiger partial charge on any atom is 0.326 e. The SMILES string of the molecule is CCOC(=O)CCC(=O)N[C@H](Cc1c2ccccc2cc2ccccc12)C(=O)O. The van der Waals surface area contributed by atoms with Crippen LogP contribution in [0.5, 0.6) is 0 Å². The van der Waals surface area contributed by atoms with Crippen LogP contribution in [0.3, 0.4) is 0 Å². The molecule has 0 aromatic heterocycles. The largest absolute Gasteiger partial charge is 0.480 e. The Morgan fingerprint density at radius 1 is 0.966 bits per heavy atom. The second-order valence-corrected chi connectivity index (χ2v) is 6.76. The highest BCUT2D eigenvalue weighted by Crippen LogP contribution is 2.29. The molecule has 0 bridgehead atoms. The van der Waals surface area contributed by atoms with Crippen LogP contribution in [0.4, 0.5) is 0 Å². The van der Waals surface area contributed by atoms with E-state index in [9.17, 15) is 19.5 Å². The normalized spacial score (nSPS) is 11.9. The smallest absolute Gasteiger partial charge is 0.326 e. The number of carboxylic acids is 1. The van der Waals surface area contributed by atoms with Crippen LogP contribution < -0.4 is 5.32 Å². The van der Waals surface area contributed by atoms with E-state index in [-0.39, 0.29) is 25.9 Å². The molecule has 0 fully saturated rings. The predicted molar refractivity (Wildman–Crippen MR) is 111 cm³/mol. The number of ether oxygens (including phenoxy) is 1. The lowest BCUT2D eigenvalue weighted by atomic mass is 9.92. The van der Waals surface area contributed by atoms with E-state index in [1.807, 2.05) is 48.5 Å². The number of carbonyl (C=O) groups is 3. The van der Waals surface area contributed by atoms with Crippen molar-refractivity contribution in [2.75, 3.05) is 6.61 Å². The molecule has 1 atom stereocenters. The molecular formula is C23H23NO5. The van der Waals surface area contributed by atoms with Crippen molar-refractivity contribution in [1.82, 2.24) is 5.32 Å². The number of amides is 1. The number of rotatable bonds is 8. The van der Waals surface area contributed by atoms with Crippen LogP contribution >= 0.6 is 0 Å². The first-order valence-electron chi connectivity index (χ1n) is 9.56. The van der Waals surface area contributed by atoms with Crippen LogP contribution in [0.25, 0.3) is 21.5 Å². The molecule has 0 radical (unpaired) electrons. The first kappa shape index (κ1) is 20.3. The van der Waals surface area contributed by atoms with Gasteiger partial charge < -0.3 is 15.2 Å². The number of hydrogen-bond donors (Lipinski definition) is 2. The van der Waals surface area contributed by atoms with Gasteiger partial charge in [0, 0.05) is 12.8 Å². The van der Waals surface area contributed by atoms with Crippen LogP contribution in [-0.4, -0.2) is 35.6 Å². The van der Waals surface area contributed by atoms with Gasteiger partial charge in [-0.2, -0.15) is 0 Å². The summed E-state index contributed by atoms with van der Waals surface area (Å²) >= 11 is 0. The fourth-order valence-corrected chi connectivity index (χ4v) is 3.45. The fraction of sp³-hybridized carbons (Fsp3) is 0.261. The molecule has 6 nitrogen and oxygen atoms in total. The maximum absolute atomic E-state index is 12.2. The van der Waals surface area contributed by atoms with Crippen molar-refractivity contribution in [3.05, 3.63) is 60.2 Å². The van der Waals surface area contributed by atoms with Crippen molar-refractivity contribution in [2.45, 2.75) is 32.2 Å². The zero-order valence-corrected chi connectivity index (χ0v) is 16.2. The van der Waals surface area contributed by atoms with E-state index >= 15 is 0 Å². The molecule has 0 heterocycles. The van der Waals surface area contributed by atoms with Gasteiger partial charge in [0.05, 0.1) is 13.0 Å². The summed E-state index contributed by atoms with van der Waals surface area (Å²) in [4.78, 5) is 35.5. The molecule has 3 aromatic rings. The summed E-state index contributed by atoms with van der Waals surface area (Å²) in [5, 5.41) is 16.2. The predicted octanol–water partition coefficient (Wildman–Crippen LogP) is 3.45. The number of carbonyl (C=O) groups excluding carboxylic acids is 2. The summed E-state index contributed by atoms with van der Waals surface area (Å²) in [6.45, 7) is 1.93. The van der Waals surface area contributed by atoms with Gasteiger partial charge in [-0.3, -0.25) is 9.59 Å². The molecule has 0 aliphatic heterocycles. The molecule has 0 aliphatic carbocycles. The second-order valence-electron chi connectivity index (χ2n) is 6.76. The van der Waals surface area contributed by atoms with Crippen molar-refractivity contribution in [1.29, 1.82) is 0 Å². The Hall–Kier alpha value is -3.41. The Morgan fingerprint density at radius 2 is 1.55 bits per heavy atom. The first-order chi connectivity index (χ1) is 14.0. The number of benzene rings is 3. The van der Waals surface area contributed by atoms with Gasteiger partial charge in [-0.15, -0.1) is 0 Å². The van der Waals surface area contributed by atoms with Crippen molar-refractivity contribution in [3.8, 4) is 0 Å². The molecule has 0 saturated carbocycles. The van der Waals surface area contributed by atoms with E-state index in [0.29, 0.717) is 0 Å². The topological polar surface area (TPSA) is 92.7 Å². The number of esters is 1. The molecule has 2 N–H and O–H groups in total. The summed E-state index contributed by atoms with van der Waals surface area (Å²) in [5.74, 6) is -2.09. The van der Waals surface area contributed by atoms with Crippen LogP contribution in [0.15, 0.2) is 54.6 Å². The monoisotopic (exact) mass is 393 g/mol. The zero-order chi connectivity index (χ0) is 20.8. The number of fused-ring (bicyclic) bond motifs is 2. The van der Waals surface area contributed by atoms with Gasteiger partial charge >= 0.3 is 11.9 Å². The molecule has 6 heteroatoms. The molecule has 0 unspecified atom stereocenters. The lowest BCUT2D eigenvalue weighted by Gasteiger charge is -2.18. The Bertz CT molecular complexity index is 1010. The molecule has 0 aliphatic rings. The minimum Gasteiger partial charge on any atom is -0.480 e. The van der Waals surface area contributed by atoms with Gasteiger partial charge in [0.15, 0.2) is 0 Å². The Labute approximate surface area is 168 Å². The third kappa shape index (κ3) is 4.90. The highest BCUT2D eigenvalue weighted by Gasteiger charge is 2.23. The lowest BCUT2D eigenvalue weighted by molar-refractivity contribution is -0.144. The van der Waals surface area contributed by atoms with Gasteiger partial charge in [0.1, 0.15) is 6.04 Å². The molecule has 0 spiro atoms. The molecule has 3 aromatic carbocycles. The van der Waals surface area contributed by atoms with Gasteiger partial charge in [0.25, 0.3) is 0 Å². The highest BCUT2D eigenvalue weighted by atomic mass is 16.5. The zero-order valence-electron chi connectivity index (χ0n) is 16.2. The molecule has 0 saturated heterocycles. The van der Waals surface area contributed by atoms with Crippen LogP contribution in [0, 0.1) is 0 Å². The Balaban J connectivity index is 1.87. The maximum atomic E-state index is 12.2. The van der Waals surface area contributed by atoms with Gasteiger partial charge in [-0.05, 0) is 40.1 Å². The van der Waals surface area contributed by atoms with Crippen LogP contribution in [0.1, 0.15) is 25.3 Å². The van der Waals surface area contributed by atoms with Crippen LogP contribution in [0.2, 0.25) is 0 Å². The van der Waals surface area contributed by atoms with Crippen molar-refractivity contribution in [3.63, 3.8) is 0 Å². The van der Waals surface area contributed by atoms with E-state index < -0.39 is 23.9 Å². The van der Waals surface area contributed by atoms with Crippen LogP contribution in [-0.2, 0) is 25.5 Å². The number of carboxylic acid groups (broad SMARTS) is 1. The second kappa shape index (κ2) is 9.19. The molecule has 150 valence electrons. The number of nitrogens with one attached hydrogen (secondary N) is 1. The number of hydrogen-bond acceptors (Lipinski definition) is 4. The van der Waals surface area contributed by atoms with Gasteiger partial charge in [0.2, 0.25) is 5.91 Å². The van der Waals surface area contributed by atoms with Crippen molar-refractivity contribution in [2.24, 2.45) is 0 Å². The van der Waals surface area contributed by atoms with E-state index in [2.05, 4.69) is 11.4 Å². The highest BCUT2D eigenvalue weighted by molar-refractivity contribution is 6.02. The number of aliphatic carboxylic acids is 1. The Kier molecular flexibility index (Phi) is 6.44. The average Bonchev–Trinajstić information content (AvgIpc) is 2.71. The molecule has 29 heavy (non-hydrogen) atoms. The summed E-state index contributed by atoms with van der Waals surface area (Å²) in [6, 6.07) is 16.6. The van der Waals surface area contributed by atoms with Gasteiger partial charge in [-0.25, -0.2) is 4.79 Å². The first-order valence-corrected chi connectivity index (χ1v) is 9.56. The summed E-state index contributed by atoms with van der Waals surface area (Å²) < 4.78 is 4.80. The van der Waals surface area contributed by atoms with E-state index in [1.54, 1.807) is 6.92 Å². The third-order valence-electron chi connectivity index (χ3n) is 4.79. The van der Waals surface area contributed by atoms with Gasteiger partial charge in [-0.1, -0.05) is 48.5 Å². The minimum atomic E-state index is -1.12. The summed E-state index contributed by atoms with van der Waals surface area (Å²) in [7, 11) is 0. The standard InChI is InChI=1S/C23H23NO5/c1-2-29-22(26)12-11-21(25)24-20(23(27)28)14-19-17-9-5-3-7-15(17)13-16-8-4-6-10-18(16)19/h3-10,13,20H,2,11-12,14H2,1H3,(H,24,25)(H,27,28)/t20-/m1/s1. The van der Waals surface area contributed by atoms with E-state index in [4.69, 9.17) is 4.74 Å². The molecule has 1 amide bonds. The summed E-state index contributed by atoms with van der Waals surface area (Å²) in [6.07, 6.45) is -0.0511. The Morgan fingerprint density at radius 3 is 2.10 bits per heavy atom. The van der Waals surface area contributed by atoms with Crippen molar-refractivity contribution < 1.29 is 24.2 Å². The molecule has 3 rings (SSSR count). The van der Waals surface area contributed by atoms with E-state index in [0.717, 1.165) is 27.1 Å². The fourth-order valence-electron chi connectivity index (χ4n) is 3.45. The minimum absolute atomic E-state index is 0.0801. The van der Waals surface area contributed by atoms with E-state index in [1.165, 1.54) is 0 Å². The third-order valence-corrected chi connectivity index (χ3v) is 4.79. The quantitative estimate of drug-likeness (QED) is 0.452. The lowest BCUT2D eigenvalue weighted by Crippen LogP contribution is -2.42. The molecular weight excluding hydrogens is 370 g/mol. The average molecular weight is 393 g/mol. The van der Waals surface area contributed by atoms with Crippen molar-refractivity contribution >= 4 is 39.4 Å².